The molecule has 2 heterocycles. The highest BCUT2D eigenvalue weighted by Gasteiger charge is 2.20. The largest absolute Gasteiger partial charge is 0.370 e. The van der Waals surface area contributed by atoms with Crippen molar-refractivity contribution in [2.24, 2.45) is 0 Å². The molecule has 1 saturated heterocycles. The molecule has 16 heavy (non-hydrogen) atoms. The SMILES string of the molecule is C=C(c1cccc(C(C)(C)C)n1)N1CCC1. The number of nitrogens with zero attached hydrogens (tertiary/aromatic N) is 2. The number of rotatable bonds is 2. The lowest BCUT2D eigenvalue weighted by atomic mass is 9.91. The average Bonchev–Trinajstić information content (AvgIpc) is 2.14. The Hall–Kier alpha value is -1.31. The van der Waals surface area contributed by atoms with Gasteiger partial charge < -0.3 is 4.90 Å². The molecule has 1 fully saturated rings. The first-order valence-electron chi connectivity index (χ1n) is 5.90. The zero-order chi connectivity index (χ0) is 11.8. The lowest BCUT2D eigenvalue weighted by molar-refractivity contribution is 0.281. The minimum absolute atomic E-state index is 0.102. The summed E-state index contributed by atoms with van der Waals surface area (Å²) in [5, 5.41) is 0. The molecule has 0 amide bonds. The molecule has 86 valence electrons. The molecule has 0 N–H and O–H groups in total. The van der Waals surface area contributed by atoms with E-state index in [4.69, 9.17) is 4.98 Å². The summed E-state index contributed by atoms with van der Waals surface area (Å²) in [4.78, 5) is 6.99. The number of hydrogen-bond donors (Lipinski definition) is 0. The van der Waals surface area contributed by atoms with Crippen LogP contribution in [0.3, 0.4) is 0 Å². The van der Waals surface area contributed by atoms with Crippen molar-refractivity contribution < 1.29 is 0 Å². The molecule has 0 aliphatic carbocycles. The smallest absolute Gasteiger partial charge is 0.0860 e. The van der Waals surface area contributed by atoms with Gasteiger partial charge in [-0.25, -0.2) is 0 Å². The van der Waals surface area contributed by atoms with Gasteiger partial charge in [-0.3, -0.25) is 4.98 Å². The van der Waals surface area contributed by atoms with Crippen LogP contribution in [0.2, 0.25) is 0 Å². The molecule has 2 nitrogen and oxygen atoms in total. The van der Waals surface area contributed by atoms with Crippen LogP contribution in [0.25, 0.3) is 5.70 Å². The maximum Gasteiger partial charge on any atom is 0.0860 e. The van der Waals surface area contributed by atoms with Crippen molar-refractivity contribution in [2.75, 3.05) is 13.1 Å². The number of pyridine rings is 1. The zero-order valence-corrected chi connectivity index (χ0v) is 10.5. The molecule has 0 aromatic carbocycles. The first-order valence-corrected chi connectivity index (χ1v) is 5.90. The first-order chi connectivity index (χ1) is 7.48. The van der Waals surface area contributed by atoms with Crippen molar-refractivity contribution in [1.29, 1.82) is 0 Å². The molecule has 2 rings (SSSR count). The van der Waals surface area contributed by atoms with Crippen LogP contribution in [-0.2, 0) is 5.41 Å². The lowest BCUT2D eigenvalue weighted by Crippen LogP contribution is -2.35. The fourth-order valence-electron chi connectivity index (χ4n) is 1.76. The molecule has 1 aliphatic rings. The van der Waals surface area contributed by atoms with Gasteiger partial charge in [-0.1, -0.05) is 33.4 Å². The molecule has 0 radical (unpaired) electrons. The quantitative estimate of drug-likeness (QED) is 0.755. The minimum atomic E-state index is 0.102. The summed E-state index contributed by atoms with van der Waals surface area (Å²) in [6.07, 6.45) is 1.28. The zero-order valence-electron chi connectivity index (χ0n) is 10.5. The molecule has 0 atom stereocenters. The molecule has 1 aliphatic heterocycles. The highest BCUT2D eigenvalue weighted by Crippen LogP contribution is 2.25. The van der Waals surface area contributed by atoms with Gasteiger partial charge in [0.25, 0.3) is 0 Å². The summed E-state index contributed by atoms with van der Waals surface area (Å²) < 4.78 is 0. The second-order valence-corrected chi connectivity index (χ2v) is 5.45. The molecule has 0 bridgehead atoms. The lowest BCUT2D eigenvalue weighted by Gasteiger charge is -2.34. The van der Waals surface area contributed by atoms with Crippen LogP contribution in [0, 0.1) is 0 Å². The van der Waals surface area contributed by atoms with Crippen molar-refractivity contribution in [2.45, 2.75) is 32.6 Å². The predicted molar refractivity (Wildman–Crippen MR) is 68.2 cm³/mol. The van der Waals surface area contributed by atoms with Gasteiger partial charge in [-0.15, -0.1) is 0 Å². The van der Waals surface area contributed by atoms with E-state index in [2.05, 4.69) is 50.4 Å². The van der Waals surface area contributed by atoms with Crippen molar-refractivity contribution in [1.82, 2.24) is 9.88 Å². The van der Waals surface area contributed by atoms with E-state index < -0.39 is 0 Å². The van der Waals surface area contributed by atoms with E-state index in [9.17, 15) is 0 Å². The van der Waals surface area contributed by atoms with E-state index in [1.807, 2.05) is 0 Å². The van der Waals surface area contributed by atoms with Crippen molar-refractivity contribution in [3.63, 3.8) is 0 Å². The second kappa shape index (κ2) is 3.93. The van der Waals surface area contributed by atoms with Gasteiger partial charge in [0.15, 0.2) is 0 Å². The Morgan fingerprint density at radius 2 is 2.00 bits per heavy atom. The Bertz CT molecular complexity index is 397. The average molecular weight is 216 g/mol. The number of likely N-dealkylation sites (tertiary alicyclic amines) is 1. The van der Waals surface area contributed by atoms with Crippen molar-refractivity contribution in [3.8, 4) is 0 Å². The Kier molecular flexibility index (Phi) is 2.75. The van der Waals surface area contributed by atoms with Gasteiger partial charge in [0.2, 0.25) is 0 Å². The molecule has 0 saturated carbocycles. The molecular formula is C14H20N2. The van der Waals surface area contributed by atoms with E-state index >= 15 is 0 Å². The summed E-state index contributed by atoms with van der Waals surface area (Å²) in [6.45, 7) is 12.9. The molecule has 0 unspecified atom stereocenters. The van der Waals surface area contributed by atoms with Crippen LogP contribution in [0.4, 0.5) is 0 Å². The summed E-state index contributed by atoms with van der Waals surface area (Å²) in [6, 6.07) is 6.22. The summed E-state index contributed by atoms with van der Waals surface area (Å²) in [7, 11) is 0. The van der Waals surface area contributed by atoms with Gasteiger partial charge >= 0.3 is 0 Å². The van der Waals surface area contributed by atoms with Gasteiger partial charge in [0, 0.05) is 24.2 Å². The van der Waals surface area contributed by atoms with Gasteiger partial charge in [-0.05, 0) is 18.6 Å². The van der Waals surface area contributed by atoms with Crippen LogP contribution in [-0.4, -0.2) is 23.0 Å². The van der Waals surface area contributed by atoms with E-state index in [0.717, 1.165) is 30.2 Å². The van der Waals surface area contributed by atoms with Crippen molar-refractivity contribution >= 4 is 5.70 Å². The summed E-state index contributed by atoms with van der Waals surface area (Å²) in [5.74, 6) is 0. The Balaban J connectivity index is 2.25. The first kappa shape index (κ1) is 11.2. The third-order valence-corrected chi connectivity index (χ3v) is 3.05. The van der Waals surface area contributed by atoms with E-state index in [0.29, 0.717) is 0 Å². The van der Waals surface area contributed by atoms with Crippen LogP contribution in [0.5, 0.6) is 0 Å². The molecule has 1 aromatic rings. The number of aromatic nitrogens is 1. The highest BCUT2D eigenvalue weighted by molar-refractivity contribution is 5.59. The van der Waals surface area contributed by atoms with Gasteiger partial charge in [-0.2, -0.15) is 0 Å². The fourth-order valence-corrected chi connectivity index (χ4v) is 1.76. The topological polar surface area (TPSA) is 16.1 Å². The predicted octanol–water partition coefficient (Wildman–Crippen LogP) is 3.06. The van der Waals surface area contributed by atoms with Crippen molar-refractivity contribution in [3.05, 3.63) is 36.2 Å². The fraction of sp³-hybridized carbons (Fsp3) is 0.500. The molecule has 1 aromatic heterocycles. The van der Waals surface area contributed by atoms with Gasteiger partial charge in [0.1, 0.15) is 0 Å². The Labute approximate surface area is 98.0 Å². The third-order valence-electron chi connectivity index (χ3n) is 3.05. The van der Waals surface area contributed by atoms with E-state index in [1.165, 1.54) is 6.42 Å². The molecule has 2 heteroatoms. The maximum atomic E-state index is 4.71. The molecular weight excluding hydrogens is 196 g/mol. The Morgan fingerprint density at radius 3 is 2.50 bits per heavy atom. The monoisotopic (exact) mass is 216 g/mol. The summed E-state index contributed by atoms with van der Waals surface area (Å²) >= 11 is 0. The second-order valence-electron chi connectivity index (χ2n) is 5.45. The van der Waals surface area contributed by atoms with Crippen LogP contribution >= 0.6 is 0 Å². The standard InChI is InChI=1S/C14H20N2/c1-11(16-9-6-10-16)12-7-5-8-13(15-12)14(2,3)4/h5,7-8H,1,6,9-10H2,2-4H3. The minimum Gasteiger partial charge on any atom is -0.370 e. The van der Waals surface area contributed by atoms with Crippen LogP contribution in [0.1, 0.15) is 38.6 Å². The number of hydrogen-bond acceptors (Lipinski definition) is 2. The third kappa shape index (κ3) is 2.11. The van der Waals surface area contributed by atoms with E-state index in [1.54, 1.807) is 0 Å². The van der Waals surface area contributed by atoms with Crippen LogP contribution < -0.4 is 0 Å². The van der Waals surface area contributed by atoms with E-state index in [-0.39, 0.29) is 5.41 Å². The Morgan fingerprint density at radius 1 is 1.31 bits per heavy atom. The van der Waals surface area contributed by atoms with Crippen LogP contribution in [0.15, 0.2) is 24.8 Å². The molecule has 0 spiro atoms. The highest BCUT2D eigenvalue weighted by atomic mass is 15.2. The summed E-state index contributed by atoms with van der Waals surface area (Å²) in [5.41, 5.74) is 3.32. The normalized spacial score (nSPS) is 15.8. The maximum absolute atomic E-state index is 4.71. The van der Waals surface area contributed by atoms with Gasteiger partial charge in [0.05, 0.1) is 11.4 Å².